The molecule has 3 aromatic rings. The maximum absolute atomic E-state index is 13.0. The van der Waals surface area contributed by atoms with Crippen LogP contribution in [0.3, 0.4) is 0 Å². The highest BCUT2D eigenvalue weighted by Gasteiger charge is 2.23. The zero-order chi connectivity index (χ0) is 20.6. The highest BCUT2D eigenvalue weighted by atomic mass is 32.2. The quantitative estimate of drug-likeness (QED) is 0.668. The number of ether oxygens (including phenoxy) is 3. The van der Waals surface area contributed by atoms with Crippen molar-refractivity contribution in [3.05, 3.63) is 40.8 Å². The fourth-order valence-electron chi connectivity index (χ4n) is 2.97. The number of anilines is 1. The van der Waals surface area contributed by atoms with Gasteiger partial charge in [0.1, 0.15) is 22.1 Å². The lowest BCUT2D eigenvalue weighted by Crippen LogP contribution is -2.19. The van der Waals surface area contributed by atoms with Gasteiger partial charge in [-0.1, -0.05) is 0 Å². The summed E-state index contributed by atoms with van der Waals surface area (Å²) < 4.78 is 47.1. The van der Waals surface area contributed by atoms with E-state index in [1.807, 2.05) is 0 Å². The smallest absolute Gasteiger partial charge is 0.328 e. The second-order valence-corrected chi connectivity index (χ2v) is 7.71. The fraction of sp³-hybridized carbons (Fsp3) is 0.278. The van der Waals surface area contributed by atoms with Crippen molar-refractivity contribution in [3.8, 4) is 17.2 Å². The Hall–Kier alpha value is -3.14. The summed E-state index contributed by atoms with van der Waals surface area (Å²) in [7, 11) is 3.46. The molecule has 1 aromatic heterocycles. The Labute approximate surface area is 162 Å². The van der Waals surface area contributed by atoms with E-state index >= 15 is 0 Å². The molecular weight excluding hydrogens is 386 g/mol. The van der Waals surface area contributed by atoms with Gasteiger partial charge < -0.3 is 14.2 Å². The molecule has 9 nitrogen and oxygen atoms in total. The third-order valence-electron chi connectivity index (χ3n) is 4.50. The van der Waals surface area contributed by atoms with Crippen LogP contribution in [0.5, 0.6) is 17.2 Å². The second-order valence-electron chi connectivity index (χ2n) is 6.06. The molecule has 1 heterocycles. The molecule has 0 saturated carbocycles. The average molecular weight is 407 g/mol. The van der Waals surface area contributed by atoms with E-state index in [0.29, 0.717) is 16.8 Å². The van der Waals surface area contributed by atoms with Crippen LogP contribution in [0.2, 0.25) is 0 Å². The Morgan fingerprint density at radius 3 is 2.04 bits per heavy atom. The molecular formula is C18H21N3O6S. The number of sulfonamides is 1. The average Bonchev–Trinajstić information content (AvgIpc) is 2.90. The summed E-state index contributed by atoms with van der Waals surface area (Å²) in [6, 6.07) is 7.64. The van der Waals surface area contributed by atoms with Crippen molar-refractivity contribution in [2.24, 2.45) is 14.1 Å². The highest BCUT2D eigenvalue weighted by Crippen LogP contribution is 2.34. The summed E-state index contributed by atoms with van der Waals surface area (Å²) in [6.45, 7) is 0. The number of nitrogens with one attached hydrogen (secondary N) is 1. The van der Waals surface area contributed by atoms with E-state index in [4.69, 9.17) is 14.2 Å². The fourth-order valence-corrected chi connectivity index (χ4v) is 4.21. The minimum Gasteiger partial charge on any atom is -0.497 e. The molecule has 0 bridgehead atoms. The molecule has 0 aliphatic carbocycles. The van der Waals surface area contributed by atoms with Gasteiger partial charge in [-0.25, -0.2) is 13.2 Å². The van der Waals surface area contributed by atoms with Crippen molar-refractivity contribution in [1.82, 2.24) is 9.13 Å². The van der Waals surface area contributed by atoms with Crippen LogP contribution in [0.15, 0.2) is 40.0 Å². The first-order valence-corrected chi connectivity index (χ1v) is 9.70. The van der Waals surface area contributed by atoms with Crippen molar-refractivity contribution in [2.75, 3.05) is 26.1 Å². The third kappa shape index (κ3) is 3.15. The summed E-state index contributed by atoms with van der Waals surface area (Å²) >= 11 is 0. The Kier molecular flexibility index (Phi) is 4.99. The van der Waals surface area contributed by atoms with Crippen LogP contribution in [0.1, 0.15) is 0 Å². The third-order valence-corrected chi connectivity index (χ3v) is 5.88. The van der Waals surface area contributed by atoms with Crippen LogP contribution < -0.4 is 24.6 Å². The number of hydrogen-bond donors (Lipinski definition) is 1. The van der Waals surface area contributed by atoms with Gasteiger partial charge in [-0.2, -0.15) is 0 Å². The topological polar surface area (TPSA) is 101 Å². The van der Waals surface area contributed by atoms with E-state index in [0.717, 1.165) is 0 Å². The van der Waals surface area contributed by atoms with Gasteiger partial charge in [0.05, 0.1) is 38.1 Å². The van der Waals surface area contributed by atoms with Crippen molar-refractivity contribution < 1.29 is 22.6 Å². The van der Waals surface area contributed by atoms with Gasteiger partial charge in [-0.15, -0.1) is 0 Å². The molecule has 150 valence electrons. The standard InChI is InChI=1S/C18H21N3O6S/c1-20-13-9-12(16(27-5)10-14(13)21(2)18(20)22)19-28(23,24)17-8-11(25-3)6-7-15(17)26-4/h6-10,19H,1-5H3. The van der Waals surface area contributed by atoms with Crippen LogP contribution in [0, 0.1) is 0 Å². The van der Waals surface area contributed by atoms with Crippen molar-refractivity contribution in [2.45, 2.75) is 4.90 Å². The first kappa shape index (κ1) is 19.6. The molecule has 10 heteroatoms. The van der Waals surface area contributed by atoms with Gasteiger partial charge >= 0.3 is 5.69 Å². The molecule has 0 aliphatic rings. The molecule has 0 spiro atoms. The summed E-state index contributed by atoms with van der Waals surface area (Å²) in [5.74, 6) is 0.814. The zero-order valence-corrected chi connectivity index (χ0v) is 17.0. The molecule has 0 saturated heterocycles. The monoisotopic (exact) mass is 407 g/mol. The number of benzene rings is 2. The van der Waals surface area contributed by atoms with E-state index in [1.165, 1.54) is 42.6 Å². The van der Waals surface area contributed by atoms with Crippen molar-refractivity contribution in [3.63, 3.8) is 0 Å². The van der Waals surface area contributed by atoms with Gasteiger partial charge in [-0.05, 0) is 18.2 Å². The summed E-state index contributed by atoms with van der Waals surface area (Å²) in [5.41, 5.74) is 1.14. The minimum atomic E-state index is -4.04. The zero-order valence-electron chi connectivity index (χ0n) is 16.1. The molecule has 1 N–H and O–H groups in total. The summed E-state index contributed by atoms with van der Waals surface area (Å²) in [4.78, 5) is 12.1. The predicted octanol–water partition coefficient (Wildman–Crippen LogP) is 1.70. The Bertz CT molecular complexity index is 1210. The van der Waals surface area contributed by atoms with Crippen LogP contribution in [-0.2, 0) is 24.1 Å². The molecule has 0 unspecified atom stereocenters. The normalized spacial score (nSPS) is 11.5. The maximum Gasteiger partial charge on any atom is 0.328 e. The largest absolute Gasteiger partial charge is 0.497 e. The molecule has 3 rings (SSSR count). The van der Waals surface area contributed by atoms with Crippen molar-refractivity contribution >= 4 is 26.7 Å². The molecule has 0 atom stereocenters. The number of aryl methyl sites for hydroxylation is 2. The number of nitrogens with zero attached hydrogens (tertiary/aromatic N) is 2. The van der Waals surface area contributed by atoms with Gasteiger partial charge in [0, 0.05) is 26.2 Å². The molecule has 0 radical (unpaired) electrons. The van der Waals surface area contributed by atoms with Crippen LogP contribution in [0.4, 0.5) is 5.69 Å². The first-order chi connectivity index (χ1) is 13.2. The van der Waals surface area contributed by atoms with Gasteiger partial charge in [0.2, 0.25) is 0 Å². The first-order valence-electron chi connectivity index (χ1n) is 8.21. The van der Waals surface area contributed by atoms with Crippen LogP contribution >= 0.6 is 0 Å². The highest BCUT2D eigenvalue weighted by molar-refractivity contribution is 7.92. The molecule has 28 heavy (non-hydrogen) atoms. The lowest BCUT2D eigenvalue weighted by Gasteiger charge is -2.15. The molecule has 2 aromatic carbocycles. The summed E-state index contributed by atoms with van der Waals surface area (Å²) in [5, 5.41) is 0. The number of aromatic nitrogens is 2. The van der Waals surface area contributed by atoms with Gasteiger partial charge in [-0.3, -0.25) is 13.9 Å². The lowest BCUT2D eigenvalue weighted by molar-refractivity contribution is 0.392. The van der Waals surface area contributed by atoms with E-state index in [9.17, 15) is 13.2 Å². The van der Waals surface area contributed by atoms with E-state index in [2.05, 4.69) is 4.72 Å². The number of methoxy groups -OCH3 is 3. The number of hydrogen-bond acceptors (Lipinski definition) is 6. The molecule has 0 fully saturated rings. The number of rotatable bonds is 6. The predicted molar refractivity (Wildman–Crippen MR) is 105 cm³/mol. The van der Waals surface area contributed by atoms with Crippen LogP contribution in [-0.4, -0.2) is 38.9 Å². The SMILES string of the molecule is COc1ccc(OC)c(S(=O)(=O)Nc2cc3c(cc2OC)n(C)c(=O)n3C)c1. The van der Waals surface area contributed by atoms with Crippen molar-refractivity contribution in [1.29, 1.82) is 0 Å². The number of imidazole rings is 1. The summed E-state index contributed by atoms with van der Waals surface area (Å²) in [6.07, 6.45) is 0. The molecule has 0 amide bonds. The minimum absolute atomic E-state index is 0.0848. The number of fused-ring (bicyclic) bond motifs is 1. The molecule has 0 aliphatic heterocycles. The Morgan fingerprint density at radius 2 is 1.46 bits per heavy atom. The Morgan fingerprint density at radius 1 is 0.857 bits per heavy atom. The van der Waals surface area contributed by atoms with Gasteiger partial charge in [0.25, 0.3) is 10.0 Å². The van der Waals surface area contributed by atoms with E-state index < -0.39 is 10.0 Å². The second kappa shape index (κ2) is 7.12. The maximum atomic E-state index is 13.0. The lowest BCUT2D eigenvalue weighted by atomic mass is 10.2. The van der Waals surface area contributed by atoms with E-state index in [1.54, 1.807) is 32.3 Å². The van der Waals surface area contributed by atoms with Crippen LogP contribution in [0.25, 0.3) is 11.0 Å². The Balaban J connectivity index is 2.16. The van der Waals surface area contributed by atoms with E-state index in [-0.39, 0.29) is 27.8 Å². The van der Waals surface area contributed by atoms with Gasteiger partial charge in [0.15, 0.2) is 0 Å².